The van der Waals surface area contributed by atoms with E-state index in [0.717, 1.165) is 11.0 Å². The number of benzene rings is 1. The SMILES string of the molecule is CCOC(=O)CC(=O)N(C)Cc1nc2ccccc2[nH]1. The second-order valence-corrected chi connectivity index (χ2v) is 4.43. The van der Waals surface area contributed by atoms with Crippen molar-refractivity contribution in [2.24, 2.45) is 0 Å². The molecule has 0 aliphatic carbocycles. The molecule has 0 fully saturated rings. The number of para-hydroxylation sites is 2. The number of nitrogens with one attached hydrogen (secondary N) is 1. The molecule has 20 heavy (non-hydrogen) atoms. The summed E-state index contributed by atoms with van der Waals surface area (Å²) in [5, 5.41) is 0. The highest BCUT2D eigenvalue weighted by Crippen LogP contribution is 2.11. The number of rotatable bonds is 5. The van der Waals surface area contributed by atoms with Crippen LogP contribution in [-0.4, -0.2) is 40.4 Å². The predicted molar refractivity (Wildman–Crippen MR) is 73.8 cm³/mol. The van der Waals surface area contributed by atoms with E-state index in [4.69, 9.17) is 4.74 Å². The summed E-state index contributed by atoms with van der Waals surface area (Å²) in [4.78, 5) is 32.1. The van der Waals surface area contributed by atoms with Crippen LogP contribution in [0.3, 0.4) is 0 Å². The molecule has 0 unspecified atom stereocenters. The molecule has 0 radical (unpaired) electrons. The first kappa shape index (κ1) is 14.0. The third kappa shape index (κ3) is 3.34. The molecular formula is C14H17N3O3. The summed E-state index contributed by atoms with van der Waals surface area (Å²) >= 11 is 0. The summed E-state index contributed by atoms with van der Waals surface area (Å²) in [5.41, 5.74) is 1.78. The smallest absolute Gasteiger partial charge is 0.315 e. The van der Waals surface area contributed by atoms with E-state index in [-0.39, 0.29) is 18.9 Å². The normalized spacial score (nSPS) is 10.5. The maximum Gasteiger partial charge on any atom is 0.315 e. The molecule has 0 spiro atoms. The van der Waals surface area contributed by atoms with E-state index in [0.29, 0.717) is 12.4 Å². The van der Waals surface area contributed by atoms with Gasteiger partial charge in [0, 0.05) is 7.05 Å². The summed E-state index contributed by atoms with van der Waals surface area (Å²) in [6, 6.07) is 7.64. The van der Waals surface area contributed by atoms with Crippen molar-refractivity contribution in [3.63, 3.8) is 0 Å². The number of carbonyl (C=O) groups is 2. The highest BCUT2D eigenvalue weighted by atomic mass is 16.5. The van der Waals surface area contributed by atoms with Crippen molar-refractivity contribution < 1.29 is 14.3 Å². The summed E-state index contributed by atoms with van der Waals surface area (Å²) in [7, 11) is 1.63. The molecular weight excluding hydrogens is 258 g/mol. The maximum absolute atomic E-state index is 11.8. The Morgan fingerprint density at radius 3 is 2.80 bits per heavy atom. The van der Waals surface area contributed by atoms with Gasteiger partial charge in [0.05, 0.1) is 24.2 Å². The lowest BCUT2D eigenvalue weighted by Crippen LogP contribution is -2.29. The van der Waals surface area contributed by atoms with Crippen LogP contribution in [0.2, 0.25) is 0 Å². The molecule has 1 N–H and O–H groups in total. The van der Waals surface area contributed by atoms with Crippen LogP contribution in [0, 0.1) is 0 Å². The van der Waals surface area contributed by atoms with Gasteiger partial charge in [-0.2, -0.15) is 0 Å². The van der Waals surface area contributed by atoms with E-state index in [2.05, 4.69) is 9.97 Å². The molecule has 1 aromatic heterocycles. The Kier molecular flexibility index (Phi) is 4.34. The Hall–Kier alpha value is -2.37. The standard InChI is InChI=1S/C14H17N3O3/c1-3-20-14(19)8-13(18)17(2)9-12-15-10-6-4-5-7-11(10)16-12/h4-7H,3,8-9H2,1-2H3,(H,15,16). The fourth-order valence-corrected chi connectivity index (χ4v) is 1.86. The minimum absolute atomic E-state index is 0.245. The van der Waals surface area contributed by atoms with E-state index < -0.39 is 5.97 Å². The van der Waals surface area contributed by atoms with Gasteiger partial charge in [0.2, 0.25) is 5.91 Å². The number of hydrogen-bond acceptors (Lipinski definition) is 4. The Bertz CT molecular complexity index is 588. The molecule has 0 saturated heterocycles. The van der Waals surface area contributed by atoms with Gasteiger partial charge in [0.25, 0.3) is 0 Å². The number of carbonyl (C=O) groups excluding carboxylic acids is 2. The molecule has 6 nitrogen and oxygen atoms in total. The zero-order valence-electron chi connectivity index (χ0n) is 11.5. The van der Waals surface area contributed by atoms with Crippen molar-refractivity contribution in [2.45, 2.75) is 19.9 Å². The molecule has 0 atom stereocenters. The lowest BCUT2D eigenvalue weighted by molar-refractivity contribution is -0.148. The largest absolute Gasteiger partial charge is 0.466 e. The second kappa shape index (κ2) is 6.18. The molecule has 0 aliphatic rings. The second-order valence-electron chi connectivity index (χ2n) is 4.43. The number of hydrogen-bond donors (Lipinski definition) is 1. The minimum Gasteiger partial charge on any atom is -0.466 e. The van der Waals surface area contributed by atoms with Crippen molar-refractivity contribution in [3.05, 3.63) is 30.1 Å². The Morgan fingerprint density at radius 1 is 1.35 bits per heavy atom. The van der Waals surface area contributed by atoms with Gasteiger partial charge in [0.15, 0.2) is 0 Å². The predicted octanol–water partition coefficient (Wildman–Crippen LogP) is 1.47. The fourth-order valence-electron chi connectivity index (χ4n) is 1.86. The van der Waals surface area contributed by atoms with Crippen molar-refractivity contribution >= 4 is 22.9 Å². The van der Waals surface area contributed by atoms with Gasteiger partial charge in [0.1, 0.15) is 12.2 Å². The van der Waals surface area contributed by atoms with E-state index >= 15 is 0 Å². The minimum atomic E-state index is -0.506. The first-order chi connectivity index (χ1) is 9.60. The molecule has 2 aromatic rings. The maximum atomic E-state index is 11.8. The number of ether oxygens (including phenoxy) is 1. The Balaban J connectivity index is 1.98. The molecule has 0 bridgehead atoms. The molecule has 2 rings (SSSR count). The number of aromatic nitrogens is 2. The van der Waals surface area contributed by atoms with Crippen LogP contribution < -0.4 is 0 Å². The molecule has 0 saturated carbocycles. The third-order valence-corrected chi connectivity index (χ3v) is 2.85. The number of esters is 1. The van der Waals surface area contributed by atoms with Gasteiger partial charge in [-0.3, -0.25) is 9.59 Å². The van der Waals surface area contributed by atoms with Gasteiger partial charge in [-0.05, 0) is 19.1 Å². The van der Waals surface area contributed by atoms with Gasteiger partial charge in [-0.1, -0.05) is 12.1 Å². The monoisotopic (exact) mass is 275 g/mol. The third-order valence-electron chi connectivity index (χ3n) is 2.85. The number of H-pyrrole nitrogens is 1. The summed E-state index contributed by atoms with van der Waals surface area (Å²) < 4.78 is 4.75. The van der Waals surface area contributed by atoms with Crippen molar-refractivity contribution in [3.8, 4) is 0 Å². The van der Waals surface area contributed by atoms with Crippen LogP contribution in [0.25, 0.3) is 11.0 Å². The number of amides is 1. The molecule has 1 heterocycles. The van der Waals surface area contributed by atoms with Crippen molar-refractivity contribution in [1.29, 1.82) is 0 Å². The van der Waals surface area contributed by atoms with Gasteiger partial charge < -0.3 is 14.6 Å². The quantitative estimate of drug-likeness (QED) is 0.662. The van der Waals surface area contributed by atoms with Crippen LogP contribution in [0.5, 0.6) is 0 Å². The highest BCUT2D eigenvalue weighted by molar-refractivity contribution is 5.94. The van der Waals surface area contributed by atoms with Gasteiger partial charge >= 0.3 is 5.97 Å². The average Bonchev–Trinajstić information content (AvgIpc) is 2.80. The van der Waals surface area contributed by atoms with Gasteiger partial charge in [-0.25, -0.2) is 4.98 Å². The van der Waals surface area contributed by atoms with Crippen LogP contribution in [0.4, 0.5) is 0 Å². The molecule has 0 aliphatic heterocycles. The lowest BCUT2D eigenvalue weighted by atomic mass is 10.3. The molecule has 1 aromatic carbocycles. The Morgan fingerprint density at radius 2 is 2.10 bits per heavy atom. The first-order valence-corrected chi connectivity index (χ1v) is 6.43. The number of aromatic amines is 1. The number of imidazole rings is 1. The van der Waals surface area contributed by atoms with Gasteiger partial charge in [-0.15, -0.1) is 0 Å². The fraction of sp³-hybridized carbons (Fsp3) is 0.357. The van der Waals surface area contributed by atoms with E-state index in [9.17, 15) is 9.59 Å². The zero-order chi connectivity index (χ0) is 14.5. The van der Waals surface area contributed by atoms with Crippen molar-refractivity contribution in [2.75, 3.05) is 13.7 Å². The van der Waals surface area contributed by atoms with E-state index in [1.165, 1.54) is 4.90 Å². The zero-order valence-corrected chi connectivity index (χ0v) is 11.5. The van der Waals surface area contributed by atoms with Crippen molar-refractivity contribution in [1.82, 2.24) is 14.9 Å². The molecule has 106 valence electrons. The van der Waals surface area contributed by atoms with E-state index in [1.54, 1.807) is 14.0 Å². The topological polar surface area (TPSA) is 75.3 Å². The highest BCUT2D eigenvalue weighted by Gasteiger charge is 2.16. The number of nitrogens with zero attached hydrogens (tertiary/aromatic N) is 2. The average molecular weight is 275 g/mol. The lowest BCUT2D eigenvalue weighted by Gasteiger charge is -2.14. The summed E-state index contributed by atoms with van der Waals surface area (Å²) in [6.45, 7) is 2.31. The van der Waals surface area contributed by atoms with Crippen LogP contribution >= 0.6 is 0 Å². The first-order valence-electron chi connectivity index (χ1n) is 6.43. The van der Waals surface area contributed by atoms with Crippen LogP contribution in [0.1, 0.15) is 19.2 Å². The van der Waals surface area contributed by atoms with Crippen LogP contribution in [-0.2, 0) is 20.9 Å². The van der Waals surface area contributed by atoms with Crippen LogP contribution in [0.15, 0.2) is 24.3 Å². The molecule has 6 heteroatoms. The van der Waals surface area contributed by atoms with E-state index in [1.807, 2.05) is 24.3 Å². The molecule has 1 amide bonds. The summed E-state index contributed by atoms with van der Waals surface area (Å²) in [6.07, 6.45) is -0.245. The Labute approximate surface area is 116 Å². The number of fused-ring (bicyclic) bond motifs is 1. The summed E-state index contributed by atoms with van der Waals surface area (Å²) in [5.74, 6) is -0.108.